The fourth-order valence-electron chi connectivity index (χ4n) is 3.69. The lowest BCUT2D eigenvalue weighted by Gasteiger charge is -2.23. The summed E-state index contributed by atoms with van der Waals surface area (Å²) in [6.45, 7) is -1.56. The second-order valence-electron chi connectivity index (χ2n) is 5.99. The number of nitrogens with zero attached hydrogens (tertiary/aromatic N) is 1. The van der Waals surface area contributed by atoms with Gasteiger partial charge in [0, 0.05) is 6.04 Å². The Morgan fingerprint density at radius 2 is 2.20 bits per heavy atom. The van der Waals surface area contributed by atoms with Gasteiger partial charge in [-0.2, -0.15) is 8.78 Å². The fraction of sp³-hybridized carbons (Fsp3) is 0.625. The summed E-state index contributed by atoms with van der Waals surface area (Å²) in [5, 5.41) is 0. The molecule has 2 nitrogen and oxygen atoms in total. The molecule has 0 saturated carbocycles. The van der Waals surface area contributed by atoms with Crippen molar-refractivity contribution < 1.29 is 13.5 Å². The number of ether oxygens (including phenoxy) is 1. The molecule has 2 aliphatic rings. The Hall–Kier alpha value is -1.16. The molecular formula is C16H21F2NO. The van der Waals surface area contributed by atoms with Gasteiger partial charge in [-0.25, -0.2) is 0 Å². The Balaban J connectivity index is 1.74. The van der Waals surface area contributed by atoms with E-state index in [2.05, 4.69) is 16.7 Å². The zero-order chi connectivity index (χ0) is 14.1. The average molecular weight is 281 g/mol. The molecule has 1 unspecified atom stereocenters. The highest BCUT2D eigenvalue weighted by Crippen LogP contribution is 2.40. The molecule has 0 spiro atoms. The van der Waals surface area contributed by atoms with Gasteiger partial charge in [0.05, 0.1) is 0 Å². The average Bonchev–Trinajstić information content (AvgIpc) is 2.97. The minimum atomic E-state index is -2.74. The van der Waals surface area contributed by atoms with Crippen LogP contribution in [0.25, 0.3) is 0 Å². The second-order valence-corrected chi connectivity index (χ2v) is 5.99. The van der Waals surface area contributed by atoms with Gasteiger partial charge in [-0.05, 0) is 74.9 Å². The number of likely N-dealkylation sites (tertiary alicyclic amines) is 1. The van der Waals surface area contributed by atoms with Crippen LogP contribution in [0.3, 0.4) is 0 Å². The molecule has 110 valence electrons. The predicted octanol–water partition coefficient (Wildman–Crippen LogP) is 3.80. The summed E-state index contributed by atoms with van der Waals surface area (Å²) in [5.41, 5.74) is 2.53. The highest BCUT2D eigenvalue weighted by molar-refractivity contribution is 5.41. The Labute approximate surface area is 118 Å². The lowest BCUT2D eigenvalue weighted by Crippen LogP contribution is -2.26. The summed E-state index contributed by atoms with van der Waals surface area (Å²) in [7, 11) is 2.18. The van der Waals surface area contributed by atoms with E-state index in [9.17, 15) is 8.78 Å². The largest absolute Gasteiger partial charge is 0.435 e. The summed E-state index contributed by atoms with van der Waals surface area (Å²) in [5.74, 6) is 0.794. The van der Waals surface area contributed by atoms with Crippen LogP contribution in [-0.2, 0) is 6.42 Å². The fourth-order valence-corrected chi connectivity index (χ4v) is 3.69. The molecule has 0 aromatic heterocycles. The van der Waals surface area contributed by atoms with Crippen molar-refractivity contribution in [3.63, 3.8) is 0 Å². The number of hydrogen-bond donors (Lipinski definition) is 0. The normalized spacial score (nSPS) is 26.2. The van der Waals surface area contributed by atoms with Crippen molar-refractivity contribution in [3.8, 4) is 5.75 Å². The molecule has 0 amide bonds. The molecule has 0 N–H and O–H groups in total. The minimum absolute atomic E-state index is 0.297. The third-order valence-corrected chi connectivity index (χ3v) is 4.77. The molecule has 1 aromatic rings. The Bertz CT molecular complexity index is 478. The lowest BCUT2D eigenvalue weighted by molar-refractivity contribution is -0.0499. The molecular weight excluding hydrogens is 260 g/mol. The number of halogens is 2. The molecule has 4 heteroatoms. The van der Waals surface area contributed by atoms with Crippen molar-refractivity contribution in [1.29, 1.82) is 0 Å². The van der Waals surface area contributed by atoms with Gasteiger partial charge in [-0.15, -0.1) is 0 Å². The number of benzene rings is 1. The lowest BCUT2D eigenvalue weighted by atomic mass is 9.92. The molecule has 0 bridgehead atoms. The van der Waals surface area contributed by atoms with E-state index >= 15 is 0 Å². The first-order valence-corrected chi connectivity index (χ1v) is 7.41. The van der Waals surface area contributed by atoms with Gasteiger partial charge < -0.3 is 9.64 Å². The van der Waals surface area contributed by atoms with E-state index in [1.54, 1.807) is 6.07 Å². The van der Waals surface area contributed by atoms with E-state index < -0.39 is 6.61 Å². The molecule has 1 aromatic carbocycles. The smallest absolute Gasteiger partial charge is 0.387 e. The number of hydrogen-bond acceptors (Lipinski definition) is 2. The monoisotopic (exact) mass is 281 g/mol. The molecule has 1 aliphatic heterocycles. The Morgan fingerprint density at radius 3 is 2.90 bits per heavy atom. The van der Waals surface area contributed by atoms with Gasteiger partial charge in [0.1, 0.15) is 5.75 Å². The van der Waals surface area contributed by atoms with Crippen molar-refractivity contribution in [3.05, 3.63) is 29.3 Å². The summed E-state index contributed by atoms with van der Waals surface area (Å²) >= 11 is 0. The van der Waals surface area contributed by atoms with Crippen LogP contribution < -0.4 is 4.74 Å². The molecule has 1 heterocycles. The van der Waals surface area contributed by atoms with Gasteiger partial charge >= 0.3 is 6.61 Å². The van der Waals surface area contributed by atoms with Gasteiger partial charge in [0.15, 0.2) is 0 Å². The maximum Gasteiger partial charge on any atom is 0.387 e. The molecule has 3 rings (SSSR count). The first kappa shape index (κ1) is 13.8. The van der Waals surface area contributed by atoms with Gasteiger partial charge in [-0.1, -0.05) is 6.07 Å². The number of aryl methyl sites for hydroxylation is 1. The second kappa shape index (κ2) is 5.68. The SMILES string of the molecule is CN1CCC[C@@H]1CC1CCc2ccc(OC(F)F)cc21. The zero-order valence-electron chi connectivity index (χ0n) is 11.8. The van der Waals surface area contributed by atoms with Crippen molar-refractivity contribution in [2.45, 2.75) is 50.7 Å². The van der Waals surface area contributed by atoms with Crippen LogP contribution >= 0.6 is 0 Å². The van der Waals surface area contributed by atoms with E-state index in [4.69, 9.17) is 0 Å². The molecule has 1 aliphatic carbocycles. The number of fused-ring (bicyclic) bond motifs is 1. The van der Waals surface area contributed by atoms with Crippen LogP contribution in [-0.4, -0.2) is 31.1 Å². The quantitative estimate of drug-likeness (QED) is 0.832. The summed E-state index contributed by atoms with van der Waals surface area (Å²) in [6.07, 6.45) is 5.87. The van der Waals surface area contributed by atoms with Crippen LogP contribution in [0.5, 0.6) is 5.75 Å². The molecule has 0 radical (unpaired) electrons. The van der Waals surface area contributed by atoms with E-state index in [-0.39, 0.29) is 0 Å². The predicted molar refractivity (Wildman–Crippen MR) is 74.4 cm³/mol. The third kappa shape index (κ3) is 2.80. The molecule has 20 heavy (non-hydrogen) atoms. The molecule has 1 fully saturated rings. The van der Waals surface area contributed by atoms with Crippen LogP contribution in [0, 0.1) is 0 Å². The zero-order valence-corrected chi connectivity index (χ0v) is 11.8. The van der Waals surface area contributed by atoms with E-state index in [1.807, 2.05) is 12.1 Å². The summed E-state index contributed by atoms with van der Waals surface area (Å²) < 4.78 is 29.2. The maximum atomic E-state index is 12.3. The van der Waals surface area contributed by atoms with Crippen molar-refractivity contribution in [1.82, 2.24) is 4.90 Å². The molecule has 2 atom stereocenters. The van der Waals surface area contributed by atoms with Crippen LogP contribution in [0.1, 0.15) is 42.7 Å². The van der Waals surface area contributed by atoms with Crippen molar-refractivity contribution >= 4 is 0 Å². The summed E-state index contributed by atoms with van der Waals surface area (Å²) in [6, 6.07) is 6.08. The van der Waals surface area contributed by atoms with Crippen LogP contribution in [0.4, 0.5) is 8.78 Å². The van der Waals surface area contributed by atoms with E-state index in [0.717, 1.165) is 19.3 Å². The van der Waals surface area contributed by atoms with Gasteiger partial charge in [0.25, 0.3) is 0 Å². The number of rotatable bonds is 4. The Kier molecular flexibility index (Phi) is 3.92. The van der Waals surface area contributed by atoms with Crippen molar-refractivity contribution in [2.75, 3.05) is 13.6 Å². The van der Waals surface area contributed by atoms with Crippen LogP contribution in [0.15, 0.2) is 18.2 Å². The third-order valence-electron chi connectivity index (χ3n) is 4.77. The maximum absolute atomic E-state index is 12.3. The Morgan fingerprint density at radius 1 is 1.35 bits per heavy atom. The van der Waals surface area contributed by atoms with Crippen molar-refractivity contribution in [2.24, 2.45) is 0 Å². The first-order chi connectivity index (χ1) is 9.63. The standard InChI is InChI=1S/C16H21F2NO/c1-19-8-2-3-13(19)9-12-5-4-11-6-7-14(10-15(11)12)20-16(17)18/h6-7,10,12-13,16H,2-5,8-9H2,1H3/t12?,13-/m1/s1. The van der Waals surface area contributed by atoms with Gasteiger partial charge in [0.2, 0.25) is 0 Å². The van der Waals surface area contributed by atoms with E-state index in [0.29, 0.717) is 17.7 Å². The van der Waals surface area contributed by atoms with Gasteiger partial charge in [-0.3, -0.25) is 0 Å². The number of alkyl halides is 2. The topological polar surface area (TPSA) is 12.5 Å². The first-order valence-electron chi connectivity index (χ1n) is 7.41. The highest BCUT2D eigenvalue weighted by atomic mass is 19.3. The summed E-state index contributed by atoms with van der Waals surface area (Å²) in [4.78, 5) is 2.43. The van der Waals surface area contributed by atoms with E-state index in [1.165, 1.54) is 30.5 Å². The minimum Gasteiger partial charge on any atom is -0.435 e. The molecule has 1 saturated heterocycles. The highest BCUT2D eigenvalue weighted by Gasteiger charge is 2.29. The van der Waals surface area contributed by atoms with Crippen LogP contribution in [0.2, 0.25) is 0 Å².